The molecule has 0 bridgehead atoms. The Morgan fingerprint density at radius 2 is 2.41 bits per heavy atom. The van der Waals surface area contributed by atoms with E-state index in [-0.39, 0.29) is 11.6 Å². The van der Waals surface area contributed by atoms with Crippen LogP contribution >= 0.6 is 0 Å². The van der Waals surface area contributed by atoms with Crippen molar-refractivity contribution in [3.05, 3.63) is 46.8 Å². The molecule has 2 rings (SSSR count). The highest BCUT2D eigenvalue weighted by atomic mass is 16.6. The minimum absolute atomic E-state index is 0.0496. The lowest BCUT2D eigenvalue weighted by atomic mass is 10.3. The van der Waals surface area contributed by atoms with Crippen LogP contribution in [-0.4, -0.2) is 34.3 Å². The second-order valence-electron chi connectivity index (χ2n) is 4.34. The van der Waals surface area contributed by atoms with Gasteiger partial charge in [-0.2, -0.15) is 5.10 Å². The fourth-order valence-corrected chi connectivity index (χ4v) is 1.73. The van der Waals surface area contributed by atoms with Gasteiger partial charge in [0.1, 0.15) is 18.1 Å². The lowest BCUT2D eigenvalue weighted by molar-refractivity contribution is -0.385. The summed E-state index contributed by atoms with van der Waals surface area (Å²) in [6.07, 6.45) is 2.54. The molecule has 0 fully saturated rings. The molecule has 0 radical (unpaired) electrons. The largest absolute Gasteiger partial charge is 0.497 e. The van der Waals surface area contributed by atoms with Gasteiger partial charge in [0.15, 0.2) is 5.96 Å². The van der Waals surface area contributed by atoms with Crippen LogP contribution in [0.15, 0.2) is 41.7 Å². The summed E-state index contributed by atoms with van der Waals surface area (Å²) in [6.45, 7) is 0.746. The van der Waals surface area contributed by atoms with E-state index in [1.165, 1.54) is 17.1 Å². The molecule has 1 heterocycles. The van der Waals surface area contributed by atoms with Crippen LogP contribution in [0.1, 0.15) is 0 Å². The maximum Gasteiger partial charge on any atom is 0.306 e. The van der Waals surface area contributed by atoms with E-state index in [1.807, 2.05) is 18.2 Å². The first kappa shape index (κ1) is 15.3. The zero-order chi connectivity index (χ0) is 15.9. The van der Waals surface area contributed by atoms with Crippen LogP contribution in [0.25, 0.3) is 0 Å². The molecule has 3 N–H and O–H groups in total. The predicted octanol–water partition coefficient (Wildman–Crippen LogP) is 1.23. The lowest BCUT2D eigenvalue weighted by Crippen LogP contribution is -2.23. The molecular weight excluding hydrogens is 288 g/mol. The third-order valence-electron chi connectivity index (χ3n) is 2.78. The highest BCUT2D eigenvalue weighted by Gasteiger charge is 2.07. The SMILES string of the molecule is COc1cccc(NC(N)=NCCn2cc([N+](=O)[O-])cn2)c1. The maximum atomic E-state index is 10.5. The first-order chi connectivity index (χ1) is 10.6. The summed E-state index contributed by atoms with van der Waals surface area (Å²) in [5.41, 5.74) is 6.49. The van der Waals surface area contributed by atoms with Gasteiger partial charge >= 0.3 is 5.69 Å². The predicted molar refractivity (Wildman–Crippen MR) is 82.0 cm³/mol. The molecule has 0 amide bonds. The number of benzene rings is 1. The second-order valence-corrected chi connectivity index (χ2v) is 4.34. The van der Waals surface area contributed by atoms with Crippen LogP contribution in [-0.2, 0) is 6.54 Å². The topological polar surface area (TPSA) is 121 Å². The molecule has 0 saturated heterocycles. The number of aliphatic imine (C=N–C) groups is 1. The molecule has 0 saturated carbocycles. The summed E-state index contributed by atoms with van der Waals surface area (Å²) >= 11 is 0. The van der Waals surface area contributed by atoms with Crippen molar-refractivity contribution >= 4 is 17.3 Å². The fraction of sp³-hybridized carbons (Fsp3) is 0.231. The molecule has 0 aliphatic rings. The maximum absolute atomic E-state index is 10.5. The Kier molecular flexibility index (Phi) is 4.91. The van der Waals surface area contributed by atoms with Gasteiger partial charge in [-0.15, -0.1) is 0 Å². The van der Waals surface area contributed by atoms with Crippen molar-refractivity contribution in [2.75, 3.05) is 19.0 Å². The molecule has 1 aromatic heterocycles. The number of ether oxygens (including phenoxy) is 1. The molecule has 0 aliphatic heterocycles. The first-order valence-corrected chi connectivity index (χ1v) is 6.46. The monoisotopic (exact) mass is 304 g/mol. The number of nitro groups is 1. The molecule has 2 aromatic rings. The van der Waals surface area contributed by atoms with Crippen molar-refractivity contribution in [2.45, 2.75) is 6.54 Å². The Labute approximate surface area is 126 Å². The van der Waals surface area contributed by atoms with Gasteiger partial charge in [-0.1, -0.05) is 6.07 Å². The fourth-order valence-electron chi connectivity index (χ4n) is 1.73. The van der Waals surface area contributed by atoms with Crippen LogP contribution in [0, 0.1) is 10.1 Å². The summed E-state index contributed by atoms with van der Waals surface area (Å²) < 4.78 is 6.55. The highest BCUT2D eigenvalue weighted by molar-refractivity contribution is 5.92. The van der Waals surface area contributed by atoms with Gasteiger partial charge < -0.3 is 15.8 Å². The Bertz CT molecular complexity index is 682. The van der Waals surface area contributed by atoms with E-state index in [9.17, 15) is 10.1 Å². The Balaban J connectivity index is 1.87. The minimum atomic E-state index is -0.495. The quantitative estimate of drug-likeness (QED) is 0.358. The number of guanidine groups is 1. The van der Waals surface area contributed by atoms with Crippen LogP contribution < -0.4 is 15.8 Å². The third kappa shape index (κ3) is 4.20. The van der Waals surface area contributed by atoms with E-state index in [0.717, 1.165) is 5.69 Å². The van der Waals surface area contributed by atoms with Gasteiger partial charge in [-0.3, -0.25) is 19.8 Å². The molecule has 9 nitrogen and oxygen atoms in total. The van der Waals surface area contributed by atoms with Crippen molar-refractivity contribution in [3.63, 3.8) is 0 Å². The van der Waals surface area contributed by atoms with E-state index < -0.39 is 4.92 Å². The summed E-state index contributed by atoms with van der Waals surface area (Å²) in [5, 5.41) is 17.3. The van der Waals surface area contributed by atoms with Crippen molar-refractivity contribution in [1.29, 1.82) is 0 Å². The number of nitrogens with two attached hydrogens (primary N) is 1. The molecule has 0 aliphatic carbocycles. The van der Waals surface area contributed by atoms with Gasteiger partial charge in [-0.25, -0.2) is 0 Å². The number of rotatable bonds is 6. The molecule has 0 spiro atoms. The van der Waals surface area contributed by atoms with Crippen molar-refractivity contribution in [3.8, 4) is 5.75 Å². The number of anilines is 1. The number of hydrogen-bond donors (Lipinski definition) is 2. The Morgan fingerprint density at radius 1 is 1.59 bits per heavy atom. The normalized spacial score (nSPS) is 11.2. The zero-order valence-electron chi connectivity index (χ0n) is 12.0. The van der Waals surface area contributed by atoms with Crippen molar-refractivity contribution in [2.24, 2.45) is 10.7 Å². The van der Waals surface area contributed by atoms with Gasteiger partial charge in [0.2, 0.25) is 0 Å². The molecule has 0 atom stereocenters. The van der Waals surface area contributed by atoms with Gasteiger partial charge in [0.25, 0.3) is 0 Å². The molecule has 22 heavy (non-hydrogen) atoms. The van der Waals surface area contributed by atoms with Gasteiger partial charge in [-0.05, 0) is 12.1 Å². The van der Waals surface area contributed by atoms with Gasteiger partial charge in [0.05, 0.1) is 25.1 Å². The van der Waals surface area contributed by atoms with E-state index in [2.05, 4.69) is 15.4 Å². The second kappa shape index (κ2) is 7.07. The van der Waals surface area contributed by atoms with Crippen molar-refractivity contribution in [1.82, 2.24) is 9.78 Å². The molecular formula is C13H16N6O3. The van der Waals surface area contributed by atoms with Crippen LogP contribution in [0.4, 0.5) is 11.4 Å². The lowest BCUT2D eigenvalue weighted by Gasteiger charge is -2.07. The first-order valence-electron chi connectivity index (χ1n) is 6.46. The summed E-state index contributed by atoms with van der Waals surface area (Å²) in [4.78, 5) is 14.2. The van der Waals surface area contributed by atoms with E-state index in [1.54, 1.807) is 13.2 Å². The Hall–Kier alpha value is -3.10. The molecule has 1 aromatic carbocycles. The van der Waals surface area contributed by atoms with Crippen LogP contribution in [0.5, 0.6) is 5.75 Å². The van der Waals surface area contributed by atoms with Crippen LogP contribution in [0.3, 0.4) is 0 Å². The average molecular weight is 304 g/mol. The van der Waals surface area contributed by atoms with E-state index in [4.69, 9.17) is 10.5 Å². The highest BCUT2D eigenvalue weighted by Crippen LogP contribution is 2.16. The zero-order valence-corrected chi connectivity index (χ0v) is 12.0. The number of nitrogens with zero attached hydrogens (tertiary/aromatic N) is 4. The standard InChI is InChI=1S/C13H16N6O3/c1-22-12-4-2-3-10(7-12)17-13(14)15-5-6-18-9-11(8-16-18)19(20)21/h2-4,7-9H,5-6H2,1H3,(H3,14,15,17). The smallest absolute Gasteiger partial charge is 0.306 e. The molecule has 116 valence electrons. The number of nitrogens with one attached hydrogen (secondary N) is 1. The summed E-state index contributed by atoms with van der Waals surface area (Å²) in [5.74, 6) is 0.955. The molecule has 0 unspecified atom stereocenters. The summed E-state index contributed by atoms with van der Waals surface area (Å²) in [6, 6.07) is 7.28. The summed E-state index contributed by atoms with van der Waals surface area (Å²) in [7, 11) is 1.58. The van der Waals surface area contributed by atoms with Crippen LogP contribution in [0.2, 0.25) is 0 Å². The van der Waals surface area contributed by atoms with E-state index >= 15 is 0 Å². The average Bonchev–Trinajstić information content (AvgIpc) is 2.96. The number of hydrogen-bond acceptors (Lipinski definition) is 5. The number of methoxy groups -OCH3 is 1. The van der Waals surface area contributed by atoms with Gasteiger partial charge in [0, 0.05) is 11.8 Å². The third-order valence-corrected chi connectivity index (χ3v) is 2.78. The number of aromatic nitrogens is 2. The molecule has 9 heteroatoms. The minimum Gasteiger partial charge on any atom is -0.497 e. The van der Waals surface area contributed by atoms with Crippen molar-refractivity contribution < 1.29 is 9.66 Å². The Morgan fingerprint density at radius 3 is 3.09 bits per heavy atom. The van der Waals surface area contributed by atoms with E-state index in [0.29, 0.717) is 18.8 Å².